The van der Waals surface area contributed by atoms with E-state index in [2.05, 4.69) is 47.1 Å². The highest BCUT2D eigenvalue weighted by Crippen LogP contribution is 2.25. The standard InChI is InChI=1S/C18H18BrNO2/c1-13-6-8-14(9-7-13)17-12-20(10-11-22-17)18(21)15-4-2-3-5-16(15)19/h2-9,17H,10-12H2,1H3. The highest BCUT2D eigenvalue weighted by Gasteiger charge is 2.26. The summed E-state index contributed by atoms with van der Waals surface area (Å²) in [4.78, 5) is 14.6. The van der Waals surface area contributed by atoms with Crippen molar-refractivity contribution in [3.8, 4) is 0 Å². The predicted molar refractivity (Wildman–Crippen MR) is 89.9 cm³/mol. The summed E-state index contributed by atoms with van der Waals surface area (Å²) in [5.74, 6) is 0.0490. The predicted octanol–water partition coefficient (Wildman–Crippen LogP) is 3.97. The topological polar surface area (TPSA) is 29.5 Å². The summed E-state index contributed by atoms with van der Waals surface area (Å²) in [5.41, 5.74) is 3.04. The van der Waals surface area contributed by atoms with Crippen molar-refractivity contribution in [1.29, 1.82) is 0 Å². The molecule has 1 atom stereocenters. The summed E-state index contributed by atoms with van der Waals surface area (Å²) in [6.07, 6.45) is -0.0548. The quantitative estimate of drug-likeness (QED) is 0.811. The number of carbonyl (C=O) groups excluding carboxylic acids is 1. The van der Waals surface area contributed by atoms with Gasteiger partial charge in [0.1, 0.15) is 6.10 Å². The van der Waals surface area contributed by atoms with Gasteiger partial charge in [-0.1, -0.05) is 42.0 Å². The molecule has 114 valence electrons. The van der Waals surface area contributed by atoms with E-state index < -0.39 is 0 Å². The molecule has 2 aromatic carbocycles. The molecule has 1 unspecified atom stereocenters. The lowest BCUT2D eigenvalue weighted by Crippen LogP contribution is -2.42. The van der Waals surface area contributed by atoms with E-state index in [0.717, 1.165) is 10.0 Å². The zero-order valence-corrected chi connectivity index (χ0v) is 14.0. The number of morpholine rings is 1. The first-order valence-electron chi connectivity index (χ1n) is 7.37. The van der Waals surface area contributed by atoms with Crippen LogP contribution in [0, 0.1) is 6.92 Å². The van der Waals surface area contributed by atoms with Crippen LogP contribution in [-0.4, -0.2) is 30.5 Å². The monoisotopic (exact) mass is 359 g/mol. The molecule has 0 bridgehead atoms. The maximum atomic E-state index is 12.7. The van der Waals surface area contributed by atoms with E-state index in [1.807, 2.05) is 29.2 Å². The largest absolute Gasteiger partial charge is 0.370 e. The minimum atomic E-state index is -0.0548. The van der Waals surface area contributed by atoms with Gasteiger partial charge >= 0.3 is 0 Å². The Morgan fingerprint density at radius 3 is 2.64 bits per heavy atom. The van der Waals surface area contributed by atoms with E-state index in [0.29, 0.717) is 25.3 Å². The Kier molecular flexibility index (Phi) is 4.60. The Bertz CT molecular complexity index is 669. The van der Waals surface area contributed by atoms with Crippen LogP contribution in [0.1, 0.15) is 27.6 Å². The Hall–Kier alpha value is -1.65. The Morgan fingerprint density at radius 2 is 1.91 bits per heavy atom. The van der Waals surface area contributed by atoms with Gasteiger partial charge in [-0.05, 0) is 40.5 Å². The first kappa shape index (κ1) is 15.3. The van der Waals surface area contributed by atoms with Crippen LogP contribution >= 0.6 is 15.9 Å². The first-order valence-corrected chi connectivity index (χ1v) is 8.16. The van der Waals surface area contributed by atoms with Crippen LogP contribution in [0.4, 0.5) is 0 Å². The van der Waals surface area contributed by atoms with Gasteiger partial charge in [0.15, 0.2) is 0 Å². The van der Waals surface area contributed by atoms with Gasteiger partial charge in [0.25, 0.3) is 5.91 Å². The van der Waals surface area contributed by atoms with Gasteiger partial charge in [0.2, 0.25) is 0 Å². The molecular formula is C18H18BrNO2. The molecule has 1 fully saturated rings. The molecule has 0 saturated carbocycles. The lowest BCUT2D eigenvalue weighted by Gasteiger charge is -2.33. The minimum Gasteiger partial charge on any atom is -0.370 e. The number of hydrogen-bond acceptors (Lipinski definition) is 2. The molecule has 1 aliphatic rings. The van der Waals surface area contributed by atoms with Gasteiger partial charge in [0.05, 0.1) is 18.7 Å². The molecule has 3 rings (SSSR count). The summed E-state index contributed by atoms with van der Waals surface area (Å²) in [6.45, 7) is 3.84. The van der Waals surface area contributed by atoms with Crippen molar-refractivity contribution < 1.29 is 9.53 Å². The molecule has 2 aromatic rings. The number of benzene rings is 2. The van der Waals surface area contributed by atoms with Crippen LogP contribution in [0.2, 0.25) is 0 Å². The molecule has 1 amide bonds. The lowest BCUT2D eigenvalue weighted by molar-refractivity contribution is -0.0228. The molecular weight excluding hydrogens is 342 g/mol. The minimum absolute atomic E-state index is 0.0490. The molecule has 0 aliphatic carbocycles. The number of halogens is 1. The fourth-order valence-corrected chi connectivity index (χ4v) is 3.08. The van der Waals surface area contributed by atoms with E-state index in [4.69, 9.17) is 4.74 Å². The summed E-state index contributed by atoms with van der Waals surface area (Å²) in [7, 11) is 0. The Morgan fingerprint density at radius 1 is 1.18 bits per heavy atom. The zero-order valence-electron chi connectivity index (χ0n) is 12.5. The van der Waals surface area contributed by atoms with E-state index in [1.54, 1.807) is 0 Å². The van der Waals surface area contributed by atoms with Crippen molar-refractivity contribution in [2.45, 2.75) is 13.0 Å². The van der Waals surface area contributed by atoms with Crippen molar-refractivity contribution >= 4 is 21.8 Å². The highest BCUT2D eigenvalue weighted by molar-refractivity contribution is 9.10. The van der Waals surface area contributed by atoms with E-state index in [-0.39, 0.29) is 12.0 Å². The molecule has 0 radical (unpaired) electrons. The number of carbonyl (C=O) groups is 1. The smallest absolute Gasteiger partial charge is 0.255 e. The second kappa shape index (κ2) is 6.63. The zero-order chi connectivity index (χ0) is 15.5. The molecule has 4 heteroatoms. The maximum absolute atomic E-state index is 12.7. The molecule has 22 heavy (non-hydrogen) atoms. The van der Waals surface area contributed by atoms with E-state index >= 15 is 0 Å². The number of rotatable bonds is 2. The first-order chi connectivity index (χ1) is 10.6. The summed E-state index contributed by atoms with van der Waals surface area (Å²) in [6, 6.07) is 15.8. The van der Waals surface area contributed by atoms with Gasteiger partial charge in [0, 0.05) is 11.0 Å². The summed E-state index contributed by atoms with van der Waals surface area (Å²) >= 11 is 3.45. The number of nitrogens with zero attached hydrogens (tertiary/aromatic N) is 1. The molecule has 0 aromatic heterocycles. The molecule has 1 aliphatic heterocycles. The second-order valence-electron chi connectivity index (χ2n) is 5.50. The average molecular weight is 360 g/mol. The van der Waals surface area contributed by atoms with Crippen molar-refractivity contribution in [1.82, 2.24) is 4.90 Å². The van der Waals surface area contributed by atoms with Crippen molar-refractivity contribution in [2.24, 2.45) is 0 Å². The number of ether oxygens (including phenoxy) is 1. The second-order valence-corrected chi connectivity index (χ2v) is 6.36. The summed E-state index contributed by atoms with van der Waals surface area (Å²) in [5, 5.41) is 0. The average Bonchev–Trinajstić information content (AvgIpc) is 2.55. The van der Waals surface area contributed by atoms with Crippen LogP contribution in [-0.2, 0) is 4.74 Å². The lowest BCUT2D eigenvalue weighted by atomic mass is 10.1. The highest BCUT2D eigenvalue weighted by atomic mass is 79.9. The molecule has 1 heterocycles. The third-order valence-corrected chi connectivity index (χ3v) is 4.60. The third kappa shape index (κ3) is 3.23. The van der Waals surface area contributed by atoms with Crippen molar-refractivity contribution in [3.05, 3.63) is 69.7 Å². The van der Waals surface area contributed by atoms with Gasteiger partial charge in [-0.2, -0.15) is 0 Å². The van der Waals surface area contributed by atoms with Gasteiger partial charge in [-0.3, -0.25) is 4.79 Å². The molecule has 1 saturated heterocycles. The van der Waals surface area contributed by atoms with E-state index in [1.165, 1.54) is 5.56 Å². The van der Waals surface area contributed by atoms with Crippen molar-refractivity contribution in [3.63, 3.8) is 0 Å². The summed E-state index contributed by atoms with van der Waals surface area (Å²) < 4.78 is 6.68. The van der Waals surface area contributed by atoms with Gasteiger partial charge < -0.3 is 9.64 Å². The Balaban J connectivity index is 1.77. The van der Waals surface area contributed by atoms with Crippen LogP contribution in [0.25, 0.3) is 0 Å². The molecule has 0 N–H and O–H groups in total. The fourth-order valence-electron chi connectivity index (χ4n) is 2.62. The van der Waals surface area contributed by atoms with Crippen LogP contribution < -0.4 is 0 Å². The van der Waals surface area contributed by atoms with Crippen LogP contribution in [0.3, 0.4) is 0 Å². The Labute approximate surface area is 139 Å². The molecule has 0 spiro atoms. The number of hydrogen-bond donors (Lipinski definition) is 0. The van der Waals surface area contributed by atoms with Gasteiger partial charge in [-0.25, -0.2) is 0 Å². The van der Waals surface area contributed by atoms with Crippen LogP contribution in [0.15, 0.2) is 53.0 Å². The van der Waals surface area contributed by atoms with Crippen molar-refractivity contribution in [2.75, 3.05) is 19.7 Å². The number of amides is 1. The van der Waals surface area contributed by atoms with E-state index in [9.17, 15) is 4.79 Å². The normalized spacial score (nSPS) is 18.3. The maximum Gasteiger partial charge on any atom is 0.255 e. The number of aryl methyl sites for hydroxylation is 1. The SMILES string of the molecule is Cc1ccc(C2CN(C(=O)c3ccccc3Br)CCO2)cc1. The van der Waals surface area contributed by atoms with Gasteiger partial charge in [-0.15, -0.1) is 0 Å². The van der Waals surface area contributed by atoms with Crippen LogP contribution in [0.5, 0.6) is 0 Å². The fraction of sp³-hybridized carbons (Fsp3) is 0.278. The third-order valence-electron chi connectivity index (χ3n) is 3.91. The molecule has 3 nitrogen and oxygen atoms in total.